The molecular formula is C27H46O4. The van der Waals surface area contributed by atoms with Crippen LogP contribution in [0.15, 0.2) is 0 Å². The van der Waals surface area contributed by atoms with Crippen molar-refractivity contribution in [3.05, 3.63) is 0 Å². The van der Waals surface area contributed by atoms with Gasteiger partial charge >= 0.3 is 11.9 Å². The first kappa shape index (κ1) is 24.6. The van der Waals surface area contributed by atoms with Crippen LogP contribution in [0.5, 0.6) is 0 Å². The molecule has 0 aromatic rings. The zero-order valence-electron chi connectivity index (χ0n) is 21.3. The Bertz CT molecular complexity index is 692. The molecule has 3 rings (SSSR count). The summed E-state index contributed by atoms with van der Waals surface area (Å²) in [4.78, 5) is 25.4. The highest BCUT2D eigenvalue weighted by molar-refractivity contribution is 5.80. The second-order valence-electron chi connectivity index (χ2n) is 13.0. The fourth-order valence-electron chi connectivity index (χ4n) is 7.55. The second-order valence-corrected chi connectivity index (χ2v) is 13.0. The summed E-state index contributed by atoms with van der Waals surface area (Å²) in [6.07, 6.45) is 9.39. The Kier molecular flexibility index (Phi) is 6.64. The molecule has 3 fully saturated rings. The van der Waals surface area contributed by atoms with E-state index in [2.05, 4.69) is 34.6 Å². The summed E-state index contributed by atoms with van der Waals surface area (Å²) in [5, 5.41) is 0. The third-order valence-corrected chi connectivity index (χ3v) is 9.58. The number of carbonyl (C=O) groups is 2. The molecule has 0 radical (unpaired) electrons. The van der Waals surface area contributed by atoms with Gasteiger partial charge < -0.3 is 9.47 Å². The topological polar surface area (TPSA) is 52.6 Å². The summed E-state index contributed by atoms with van der Waals surface area (Å²) in [5.74, 6) is 1.88. The quantitative estimate of drug-likeness (QED) is 0.470. The Morgan fingerprint density at radius 3 is 2.29 bits per heavy atom. The van der Waals surface area contributed by atoms with Crippen LogP contribution in [0.1, 0.15) is 107 Å². The van der Waals surface area contributed by atoms with Crippen LogP contribution in [0.25, 0.3) is 0 Å². The predicted molar refractivity (Wildman–Crippen MR) is 123 cm³/mol. The molecule has 178 valence electrons. The van der Waals surface area contributed by atoms with E-state index in [0.29, 0.717) is 17.3 Å². The van der Waals surface area contributed by atoms with Crippen molar-refractivity contribution in [2.45, 2.75) is 112 Å². The third kappa shape index (κ3) is 4.69. The lowest BCUT2D eigenvalue weighted by Crippen LogP contribution is -2.57. The van der Waals surface area contributed by atoms with Gasteiger partial charge in [0, 0.05) is 0 Å². The van der Waals surface area contributed by atoms with Gasteiger partial charge in [0.1, 0.15) is 5.60 Å². The number of ether oxygens (including phenoxy) is 2. The van der Waals surface area contributed by atoms with E-state index in [0.717, 1.165) is 31.1 Å². The van der Waals surface area contributed by atoms with Crippen molar-refractivity contribution in [3.8, 4) is 0 Å². The van der Waals surface area contributed by atoms with Gasteiger partial charge in [-0.3, -0.25) is 4.79 Å². The summed E-state index contributed by atoms with van der Waals surface area (Å²) in [7, 11) is 0. The Morgan fingerprint density at radius 1 is 1.00 bits per heavy atom. The molecule has 0 aromatic heterocycles. The first-order chi connectivity index (χ1) is 14.2. The van der Waals surface area contributed by atoms with Crippen LogP contribution in [0.3, 0.4) is 0 Å². The van der Waals surface area contributed by atoms with Gasteiger partial charge in [-0.1, -0.05) is 34.1 Å². The normalized spacial score (nSPS) is 40.6. The molecular weight excluding hydrogens is 388 g/mol. The molecule has 6 unspecified atom stereocenters. The molecule has 3 aliphatic rings. The summed E-state index contributed by atoms with van der Waals surface area (Å²) in [6.45, 7) is 17.0. The highest BCUT2D eigenvalue weighted by atomic mass is 16.6. The van der Waals surface area contributed by atoms with E-state index in [4.69, 9.17) is 9.47 Å². The molecule has 4 heteroatoms. The summed E-state index contributed by atoms with van der Waals surface area (Å²) >= 11 is 0. The van der Waals surface area contributed by atoms with Crippen molar-refractivity contribution in [1.29, 1.82) is 0 Å². The van der Waals surface area contributed by atoms with Crippen LogP contribution in [0.4, 0.5) is 0 Å². The number of hydrogen-bond donors (Lipinski definition) is 0. The average Bonchev–Trinajstić information content (AvgIpc) is 2.64. The predicted octanol–water partition coefficient (Wildman–Crippen LogP) is 6.56. The number of carbonyl (C=O) groups excluding carboxylic acids is 2. The van der Waals surface area contributed by atoms with Crippen LogP contribution in [0, 0.1) is 39.9 Å². The molecule has 3 aliphatic carbocycles. The zero-order chi connectivity index (χ0) is 23.2. The lowest BCUT2D eigenvalue weighted by atomic mass is 9.42. The Labute approximate surface area is 190 Å². The van der Waals surface area contributed by atoms with Crippen LogP contribution < -0.4 is 0 Å². The van der Waals surface area contributed by atoms with Crippen LogP contribution in [-0.2, 0) is 19.1 Å². The second kappa shape index (κ2) is 8.37. The maximum absolute atomic E-state index is 13.3. The van der Waals surface area contributed by atoms with Gasteiger partial charge in [0.15, 0.2) is 6.61 Å². The summed E-state index contributed by atoms with van der Waals surface area (Å²) in [5.41, 5.74) is -0.423. The van der Waals surface area contributed by atoms with Gasteiger partial charge in [0.2, 0.25) is 0 Å². The largest absolute Gasteiger partial charge is 0.457 e. The molecule has 0 heterocycles. The highest BCUT2D eigenvalue weighted by Crippen LogP contribution is 2.66. The van der Waals surface area contributed by atoms with Crippen molar-refractivity contribution in [3.63, 3.8) is 0 Å². The maximum atomic E-state index is 13.3. The molecule has 0 saturated heterocycles. The zero-order valence-corrected chi connectivity index (χ0v) is 21.3. The minimum absolute atomic E-state index is 0.194. The minimum atomic E-state index is -0.569. The van der Waals surface area contributed by atoms with E-state index in [-0.39, 0.29) is 18.0 Å². The smallest absolute Gasteiger partial charge is 0.344 e. The van der Waals surface area contributed by atoms with Crippen LogP contribution in [-0.4, -0.2) is 24.1 Å². The summed E-state index contributed by atoms with van der Waals surface area (Å²) in [6, 6.07) is 0. The fourth-order valence-corrected chi connectivity index (χ4v) is 7.55. The van der Waals surface area contributed by atoms with Gasteiger partial charge in [-0.05, 0) is 107 Å². The van der Waals surface area contributed by atoms with Crippen molar-refractivity contribution < 1.29 is 19.1 Å². The molecule has 31 heavy (non-hydrogen) atoms. The number of hydrogen-bond acceptors (Lipinski definition) is 4. The molecule has 3 saturated carbocycles. The first-order valence-electron chi connectivity index (χ1n) is 12.6. The lowest BCUT2D eigenvalue weighted by Gasteiger charge is -2.62. The highest BCUT2D eigenvalue weighted by Gasteiger charge is 2.60. The summed E-state index contributed by atoms with van der Waals surface area (Å²) < 4.78 is 10.9. The van der Waals surface area contributed by atoms with E-state index in [1.807, 2.05) is 20.8 Å². The Morgan fingerprint density at radius 2 is 1.68 bits per heavy atom. The molecule has 0 aliphatic heterocycles. The van der Waals surface area contributed by atoms with Gasteiger partial charge in [0.05, 0.1) is 5.41 Å². The third-order valence-electron chi connectivity index (χ3n) is 9.58. The Balaban J connectivity index is 1.73. The first-order valence-corrected chi connectivity index (χ1v) is 12.6. The number of fused-ring (bicyclic) bond motifs is 3. The lowest BCUT2D eigenvalue weighted by molar-refractivity contribution is -0.186. The van der Waals surface area contributed by atoms with Gasteiger partial charge in [-0.15, -0.1) is 0 Å². The number of esters is 2. The van der Waals surface area contributed by atoms with Crippen LogP contribution in [0.2, 0.25) is 0 Å². The molecule has 0 spiro atoms. The Hall–Kier alpha value is -1.06. The average molecular weight is 435 g/mol. The van der Waals surface area contributed by atoms with Crippen LogP contribution >= 0.6 is 0 Å². The van der Waals surface area contributed by atoms with Crippen molar-refractivity contribution in [1.82, 2.24) is 0 Å². The van der Waals surface area contributed by atoms with E-state index >= 15 is 0 Å². The minimum Gasteiger partial charge on any atom is -0.457 e. The van der Waals surface area contributed by atoms with E-state index in [1.165, 1.54) is 32.1 Å². The van der Waals surface area contributed by atoms with Crippen molar-refractivity contribution in [2.75, 3.05) is 6.61 Å². The molecule has 0 bridgehead atoms. The molecule has 0 N–H and O–H groups in total. The number of rotatable bonds is 4. The van der Waals surface area contributed by atoms with E-state index < -0.39 is 17.0 Å². The molecule has 0 aromatic carbocycles. The fraction of sp³-hybridized carbons (Fsp3) is 0.926. The van der Waals surface area contributed by atoms with Gasteiger partial charge in [0.25, 0.3) is 0 Å². The van der Waals surface area contributed by atoms with Gasteiger partial charge in [-0.2, -0.15) is 0 Å². The molecule has 4 nitrogen and oxygen atoms in total. The van der Waals surface area contributed by atoms with Gasteiger partial charge in [-0.25, -0.2) is 4.79 Å². The molecule has 0 amide bonds. The SMILES string of the molecule is CC(C)C1(C)CCC2C(CCC3C(C)(C(=O)OCC(=O)OC(C)(C)C)CCCC23C)C1. The van der Waals surface area contributed by atoms with Crippen molar-refractivity contribution in [2.24, 2.45) is 39.9 Å². The van der Waals surface area contributed by atoms with Crippen molar-refractivity contribution >= 4 is 11.9 Å². The monoisotopic (exact) mass is 434 g/mol. The van der Waals surface area contributed by atoms with E-state index in [9.17, 15) is 9.59 Å². The van der Waals surface area contributed by atoms with E-state index in [1.54, 1.807) is 0 Å². The molecule has 6 atom stereocenters. The standard InChI is InChI=1S/C27H46O4/c1-18(2)25(6)15-12-20-19(16-25)10-11-21-26(20,7)13-9-14-27(21,8)23(29)30-17-22(28)31-24(3,4)5/h18-21H,9-17H2,1-8H3. The maximum Gasteiger partial charge on any atom is 0.344 e.